The number of ether oxygens (including phenoxy) is 1. The molecule has 0 aliphatic carbocycles. The Morgan fingerprint density at radius 3 is 2.62 bits per heavy atom. The minimum Gasteiger partial charge on any atom is -0.378 e. The molecule has 1 aromatic heterocycles. The normalized spacial score (nSPS) is 21.4. The van der Waals surface area contributed by atoms with Crippen LogP contribution < -0.4 is 4.90 Å². The van der Waals surface area contributed by atoms with Gasteiger partial charge in [-0.15, -0.1) is 10.2 Å². The predicted octanol–water partition coefficient (Wildman–Crippen LogP) is 1.29. The van der Waals surface area contributed by atoms with E-state index in [1.165, 1.54) is 11.8 Å². The molecule has 2 atom stereocenters. The lowest BCUT2D eigenvalue weighted by molar-refractivity contribution is -0.130. The topological polar surface area (TPSA) is 97.6 Å². The fourth-order valence-electron chi connectivity index (χ4n) is 4.03. The molecule has 3 heterocycles. The Kier molecular flexibility index (Phi) is 7.06. The Bertz CT molecular complexity index is 1040. The van der Waals surface area contributed by atoms with Crippen molar-refractivity contribution in [3.8, 4) is 0 Å². The highest BCUT2D eigenvalue weighted by atomic mass is 32.2. The van der Waals surface area contributed by atoms with Crippen LogP contribution in [-0.4, -0.2) is 90.1 Å². The Balaban J connectivity index is 1.53. The zero-order valence-corrected chi connectivity index (χ0v) is 20.0. The number of benzene rings is 1. The Morgan fingerprint density at radius 1 is 1.25 bits per heavy atom. The van der Waals surface area contributed by atoms with Crippen LogP contribution >= 0.6 is 11.8 Å². The first kappa shape index (κ1) is 23.1. The van der Waals surface area contributed by atoms with Gasteiger partial charge in [-0.05, 0) is 18.9 Å². The minimum atomic E-state index is -3.05. The summed E-state index contributed by atoms with van der Waals surface area (Å²) >= 11 is 1.36. The van der Waals surface area contributed by atoms with E-state index in [9.17, 15) is 13.2 Å². The van der Waals surface area contributed by atoms with E-state index in [2.05, 4.69) is 31.8 Å². The van der Waals surface area contributed by atoms with E-state index in [1.807, 2.05) is 25.1 Å². The summed E-state index contributed by atoms with van der Waals surface area (Å²) in [7, 11) is -1.36. The van der Waals surface area contributed by atoms with Gasteiger partial charge in [0.2, 0.25) is 11.9 Å². The first-order chi connectivity index (χ1) is 15.3. The highest BCUT2D eigenvalue weighted by Gasteiger charge is 2.35. The van der Waals surface area contributed by atoms with Crippen LogP contribution in [0.4, 0.5) is 5.95 Å². The molecule has 0 N–H and O–H groups in total. The van der Waals surface area contributed by atoms with Crippen LogP contribution in [0.2, 0.25) is 0 Å². The van der Waals surface area contributed by atoms with Crippen molar-refractivity contribution in [2.24, 2.45) is 0 Å². The Hall–Kier alpha value is -2.11. The molecule has 2 aromatic rings. The monoisotopic (exact) mass is 479 g/mol. The first-order valence-electron chi connectivity index (χ1n) is 10.8. The molecule has 4 rings (SSSR count). The zero-order valence-electron chi connectivity index (χ0n) is 18.4. The van der Waals surface area contributed by atoms with E-state index in [4.69, 9.17) is 4.74 Å². The van der Waals surface area contributed by atoms with Crippen molar-refractivity contribution in [1.82, 2.24) is 19.7 Å². The fraction of sp³-hybridized carbons (Fsp3) is 0.571. The standard InChI is InChI=1S/C21H29N5O4S2/c1-16(19(27)24(2)18-8-13-32(28,29)15-18)31-21-23-22-20(25-9-11-30-12-10-25)26(21)14-17-6-4-3-5-7-17/h3-7,16,18H,8-15H2,1-2H3. The van der Waals surface area contributed by atoms with Crippen molar-refractivity contribution >= 4 is 33.5 Å². The van der Waals surface area contributed by atoms with Crippen LogP contribution in [0.1, 0.15) is 18.9 Å². The number of rotatable bonds is 7. The van der Waals surface area contributed by atoms with E-state index in [0.29, 0.717) is 31.3 Å². The summed E-state index contributed by atoms with van der Waals surface area (Å²) in [6, 6.07) is 9.83. The van der Waals surface area contributed by atoms with E-state index >= 15 is 0 Å². The third kappa shape index (κ3) is 5.26. The zero-order chi connectivity index (χ0) is 22.7. The van der Waals surface area contributed by atoms with E-state index in [0.717, 1.165) is 24.6 Å². The van der Waals surface area contributed by atoms with Gasteiger partial charge in [-0.2, -0.15) is 0 Å². The van der Waals surface area contributed by atoms with Gasteiger partial charge in [-0.1, -0.05) is 42.1 Å². The van der Waals surface area contributed by atoms with Gasteiger partial charge in [0.15, 0.2) is 15.0 Å². The lowest BCUT2D eigenvalue weighted by Gasteiger charge is -2.28. The summed E-state index contributed by atoms with van der Waals surface area (Å²) in [5.41, 5.74) is 1.12. The maximum atomic E-state index is 13.0. The molecular weight excluding hydrogens is 450 g/mol. The Morgan fingerprint density at radius 2 is 1.97 bits per heavy atom. The summed E-state index contributed by atoms with van der Waals surface area (Å²) in [6.07, 6.45) is 0.493. The van der Waals surface area contributed by atoms with Crippen molar-refractivity contribution in [3.63, 3.8) is 0 Å². The number of anilines is 1. The van der Waals surface area contributed by atoms with E-state index < -0.39 is 15.1 Å². The number of hydrogen-bond donors (Lipinski definition) is 0. The van der Waals surface area contributed by atoms with Gasteiger partial charge in [0, 0.05) is 26.2 Å². The van der Waals surface area contributed by atoms with Gasteiger partial charge in [0.05, 0.1) is 36.5 Å². The molecule has 9 nitrogen and oxygen atoms in total. The summed E-state index contributed by atoms with van der Waals surface area (Å²) in [5.74, 6) is 0.858. The number of amides is 1. The Labute approximate surface area is 193 Å². The number of nitrogens with zero attached hydrogens (tertiary/aromatic N) is 5. The van der Waals surface area contributed by atoms with E-state index in [1.54, 1.807) is 11.9 Å². The number of sulfone groups is 1. The van der Waals surface area contributed by atoms with Crippen molar-refractivity contribution in [2.75, 3.05) is 49.8 Å². The average Bonchev–Trinajstić information content (AvgIpc) is 3.36. The van der Waals surface area contributed by atoms with Crippen LogP contribution in [0.3, 0.4) is 0 Å². The second kappa shape index (κ2) is 9.80. The second-order valence-electron chi connectivity index (χ2n) is 8.22. The minimum absolute atomic E-state index is 0.0397. The molecule has 0 spiro atoms. The average molecular weight is 480 g/mol. The molecule has 1 amide bonds. The molecule has 2 aliphatic rings. The number of morpholine rings is 1. The number of hydrogen-bond acceptors (Lipinski definition) is 8. The third-order valence-corrected chi connectivity index (χ3v) is 8.73. The summed E-state index contributed by atoms with van der Waals surface area (Å²) < 4.78 is 31.2. The molecule has 174 valence electrons. The maximum absolute atomic E-state index is 13.0. The molecule has 2 saturated heterocycles. The van der Waals surface area contributed by atoms with Crippen molar-refractivity contribution < 1.29 is 17.9 Å². The molecule has 1 aromatic carbocycles. The lowest BCUT2D eigenvalue weighted by atomic mass is 10.2. The smallest absolute Gasteiger partial charge is 0.235 e. The molecule has 11 heteroatoms. The number of carbonyl (C=O) groups is 1. The molecule has 2 aliphatic heterocycles. The highest BCUT2D eigenvalue weighted by molar-refractivity contribution is 8.00. The van der Waals surface area contributed by atoms with Crippen LogP contribution in [0, 0.1) is 0 Å². The quantitative estimate of drug-likeness (QED) is 0.548. The maximum Gasteiger partial charge on any atom is 0.235 e. The number of aromatic nitrogens is 3. The lowest BCUT2D eigenvalue weighted by Crippen LogP contribution is -2.41. The largest absolute Gasteiger partial charge is 0.378 e. The molecule has 2 unspecified atom stereocenters. The molecule has 2 fully saturated rings. The van der Waals surface area contributed by atoms with Crippen LogP contribution in [0.25, 0.3) is 0 Å². The number of thioether (sulfide) groups is 1. The fourth-order valence-corrected chi connectivity index (χ4v) is 6.75. The van der Waals surface area contributed by atoms with Crippen molar-refractivity contribution in [1.29, 1.82) is 0 Å². The third-order valence-electron chi connectivity index (χ3n) is 5.91. The molecule has 32 heavy (non-hydrogen) atoms. The summed E-state index contributed by atoms with van der Waals surface area (Å²) in [4.78, 5) is 16.8. The highest BCUT2D eigenvalue weighted by Crippen LogP contribution is 2.29. The van der Waals surface area contributed by atoms with Gasteiger partial charge < -0.3 is 14.5 Å². The van der Waals surface area contributed by atoms with Gasteiger partial charge in [0.1, 0.15) is 0 Å². The van der Waals surface area contributed by atoms with Crippen LogP contribution in [-0.2, 0) is 25.9 Å². The molecular formula is C21H29N5O4S2. The van der Waals surface area contributed by atoms with Gasteiger partial charge >= 0.3 is 0 Å². The van der Waals surface area contributed by atoms with Crippen molar-refractivity contribution in [3.05, 3.63) is 35.9 Å². The van der Waals surface area contributed by atoms with Crippen molar-refractivity contribution in [2.45, 2.75) is 36.3 Å². The van der Waals surface area contributed by atoms with E-state index in [-0.39, 0.29) is 23.5 Å². The molecule has 0 saturated carbocycles. The van der Waals surface area contributed by atoms with Gasteiger partial charge in [-0.3, -0.25) is 9.36 Å². The SMILES string of the molecule is CC(Sc1nnc(N2CCOCC2)n1Cc1ccccc1)C(=O)N(C)C1CCS(=O)(=O)C1. The van der Waals surface area contributed by atoms with Crippen LogP contribution in [0.5, 0.6) is 0 Å². The number of carbonyl (C=O) groups excluding carboxylic acids is 1. The summed E-state index contributed by atoms with van der Waals surface area (Å²) in [5, 5.41) is 9.12. The van der Waals surface area contributed by atoms with Gasteiger partial charge in [-0.25, -0.2) is 8.42 Å². The van der Waals surface area contributed by atoms with Gasteiger partial charge in [0.25, 0.3) is 0 Å². The summed E-state index contributed by atoms with van der Waals surface area (Å²) in [6.45, 7) is 5.20. The van der Waals surface area contributed by atoms with Crippen LogP contribution in [0.15, 0.2) is 35.5 Å². The second-order valence-corrected chi connectivity index (χ2v) is 11.8. The predicted molar refractivity (Wildman–Crippen MR) is 124 cm³/mol. The first-order valence-corrected chi connectivity index (χ1v) is 13.5. The molecule has 0 radical (unpaired) electrons. The molecule has 0 bridgehead atoms.